The van der Waals surface area contributed by atoms with E-state index in [2.05, 4.69) is 10.3 Å². The van der Waals surface area contributed by atoms with E-state index in [9.17, 15) is 4.79 Å². The third kappa shape index (κ3) is 4.00. The third-order valence-electron chi connectivity index (χ3n) is 3.52. The van der Waals surface area contributed by atoms with Crippen LogP contribution in [-0.2, 0) is 11.3 Å². The molecule has 0 saturated heterocycles. The molecule has 0 aliphatic heterocycles. The molecule has 24 heavy (non-hydrogen) atoms. The molecule has 3 rings (SSSR count). The van der Waals surface area contributed by atoms with E-state index in [4.69, 9.17) is 4.74 Å². The number of carbonyl (C=O) groups is 1. The molecule has 1 atom stereocenters. The first kappa shape index (κ1) is 16.2. The SMILES string of the molecule is C[C@@H](Oc1ccccc1)C(=O)NCc1cccnc1-c1cccs1. The molecule has 1 aromatic carbocycles. The number of nitrogens with zero attached hydrogens (tertiary/aromatic N) is 1. The highest BCUT2D eigenvalue weighted by Crippen LogP contribution is 2.25. The van der Waals surface area contributed by atoms with Crippen LogP contribution in [0, 0.1) is 0 Å². The Hall–Kier alpha value is -2.66. The summed E-state index contributed by atoms with van der Waals surface area (Å²) in [7, 11) is 0. The Kier molecular flexibility index (Phi) is 5.23. The van der Waals surface area contributed by atoms with Gasteiger partial charge in [-0.15, -0.1) is 11.3 Å². The molecule has 0 aliphatic carbocycles. The van der Waals surface area contributed by atoms with Crippen LogP contribution < -0.4 is 10.1 Å². The number of benzene rings is 1. The summed E-state index contributed by atoms with van der Waals surface area (Å²) >= 11 is 1.63. The molecule has 1 amide bonds. The van der Waals surface area contributed by atoms with Gasteiger partial charge in [-0.3, -0.25) is 9.78 Å². The van der Waals surface area contributed by atoms with Gasteiger partial charge in [0.05, 0.1) is 10.6 Å². The number of carbonyl (C=O) groups excluding carboxylic acids is 1. The van der Waals surface area contributed by atoms with Crippen LogP contribution in [0.1, 0.15) is 12.5 Å². The Morgan fingerprint density at radius 2 is 2.00 bits per heavy atom. The molecule has 0 bridgehead atoms. The summed E-state index contributed by atoms with van der Waals surface area (Å²) < 4.78 is 5.64. The number of para-hydroxylation sites is 1. The average Bonchev–Trinajstić information content (AvgIpc) is 3.15. The van der Waals surface area contributed by atoms with E-state index in [0.717, 1.165) is 16.1 Å². The molecule has 5 heteroatoms. The fourth-order valence-electron chi connectivity index (χ4n) is 2.30. The molecule has 0 radical (unpaired) electrons. The van der Waals surface area contributed by atoms with Gasteiger partial charge in [-0.1, -0.05) is 30.3 Å². The third-order valence-corrected chi connectivity index (χ3v) is 4.40. The highest BCUT2D eigenvalue weighted by atomic mass is 32.1. The van der Waals surface area contributed by atoms with E-state index in [1.165, 1.54) is 0 Å². The normalized spacial score (nSPS) is 11.7. The van der Waals surface area contributed by atoms with Crippen LogP contribution in [0.2, 0.25) is 0 Å². The fourth-order valence-corrected chi connectivity index (χ4v) is 3.06. The summed E-state index contributed by atoms with van der Waals surface area (Å²) in [5.74, 6) is 0.528. The zero-order valence-electron chi connectivity index (χ0n) is 13.3. The Labute approximate surface area is 145 Å². The molecule has 2 heterocycles. The number of hydrogen-bond donors (Lipinski definition) is 1. The fraction of sp³-hybridized carbons (Fsp3) is 0.158. The Balaban J connectivity index is 1.63. The zero-order valence-corrected chi connectivity index (χ0v) is 14.1. The Morgan fingerprint density at radius 3 is 2.75 bits per heavy atom. The number of thiophene rings is 1. The van der Waals surface area contributed by atoms with Crippen molar-refractivity contribution in [3.05, 3.63) is 71.7 Å². The lowest BCUT2D eigenvalue weighted by atomic mass is 10.1. The van der Waals surface area contributed by atoms with Crippen LogP contribution in [0.15, 0.2) is 66.2 Å². The molecular formula is C19H18N2O2S. The van der Waals surface area contributed by atoms with Crippen LogP contribution in [0.3, 0.4) is 0 Å². The van der Waals surface area contributed by atoms with Gasteiger partial charge in [0, 0.05) is 12.7 Å². The lowest BCUT2D eigenvalue weighted by Gasteiger charge is -2.15. The van der Waals surface area contributed by atoms with E-state index in [1.54, 1.807) is 24.5 Å². The molecule has 122 valence electrons. The van der Waals surface area contributed by atoms with E-state index < -0.39 is 6.10 Å². The van der Waals surface area contributed by atoms with Gasteiger partial charge in [-0.05, 0) is 42.1 Å². The van der Waals surface area contributed by atoms with Gasteiger partial charge in [-0.2, -0.15) is 0 Å². The quantitative estimate of drug-likeness (QED) is 0.742. The van der Waals surface area contributed by atoms with Crippen LogP contribution in [0.25, 0.3) is 10.6 Å². The van der Waals surface area contributed by atoms with Crippen molar-refractivity contribution in [3.8, 4) is 16.3 Å². The second-order valence-electron chi connectivity index (χ2n) is 5.28. The second kappa shape index (κ2) is 7.75. The number of pyridine rings is 1. The second-order valence-corrected chi connectivity index (χ2v) is 6.23. The van der Waals surface area contributed by atoms with Crippen LogP contribution in [0.4, 0.5) is 0 Å². The molecule has 3 aromatic rings. The number of amides is 1. The predicted molar refractivity (Wildman–Crippen MR) is 95.9 cm³/mol. The first-order valence-electron chi connectivity index (χ1n) is 7.71. The molecule has 1 N–H and O–H groups in total. The van der Waals surface area contributed by atoms with Gasteiger partial charge in [-0.25, -0.2) is 0 Å². The maximum Gasteiger partial charge on any atom is 0.261 e. The van der Waals surface area contributed by atoms with Crippen molar-refractivity contribution < 1.29 is 9.53 Å². The number of hydrogen-bond acceptors (Lipinski definition) is 4. The summed E-state index contributed by atoms with van der Waals surface area (Å²) in [5.41, 5.74) is 1.89. The van der Waals surface area contributed by atoms with Crippen molar-refractivity contribution in [3.63, 3.8) is 0 Å². The molecule has 2 aromatic heterocycles. The van der Waals surface area contributed by atoms with E-state index in [-0.39, 0.29) is 5.91 Å². The van der Waals surface area contributed by atoms with Crippen LogP contribution >= 0.6 is 11.3 Å². The number of aromatic nitrogens is 1. The molecule has 4 nitrogen and oxygen atoms in total. The topological polar surface area (TPSA) is 51.2 Å². The summed E-state index contributed by atoms with van der Waals surface area (Å²) in [6.07, 6.45) is 1.20. The number of rotatable bonds is 6. The minimum atomic E-state index is -0.561. The molecule has 0 saturated carbocycles. The van der Waals surface area contributed by atoms with Crippen molar-refractivity contribution in [2.24, 2.45) is 0 Å². The number of ether oxygens (including phenoxy) is 1. The molecule has 0 aliphatic rings. The van der Waals surface area contributed by atoms with E-state index in [0.29, 0.717) is 12.3 Å². The maximum absolute atomic E-state index is 12.3. The zero-order chi connectivity index (χ0) is 16.8. The van der Waals surface area contributed by atoms with Crippen molar-refractivity contribution >= 4 is 17.2 Å². The molecular weight excluding hydrogens is 320 g/mol. The smallest absolute Gasteiger partial charge is 0.261 e. The highest BCUT2D eigenvalue weighted by molar-refractivity contribution is 7.13. The lowest BCUT2D eigenvalue weighted by molar-refractivity contribution is -0.127. The van der Waals surface area contributed by atoms with Crippen molar-refractivity contribution in [1.29, 1.82) is 0 Å². The summed E-state index contributed by atoms with van der Waals surface area (Å²) in [5, 5.41) is 4.94. The first-order valence-corrected chi connectivity index (χ1v) is 8.59. The lowest BCUT2D eigenvalue weighted by Crippen LogP contribution is -2.36. The largest absolute Gasteiger partial charge is 0.481 e. The molecule has 0 unspecified atom stereocenters. The average molecular weight is 338 g/mol. The minimum Gasteiger partial charge on any atom is -0.481 e. The van der Waals surface area contributed by atoms with Gasteiger partial charge >= 0.3 is 0 Å². The standard InChI is InChI=1S/C19H18N2O2S/c1-14(23-16-8-3-2-4-9-16)19(22)21-13-15-7-5-11-20-18(15)17-10-6-12-24-17/h2-12,14H,13H2,1H3,(H,21,22)/t14-/m1/s1. The minimum absolute atomic E-state index is 0.153. The molecule has 0 spiro atoms. The van der Waals surface area contributed by atoms with Gasteiger partial charge in [0.2, 0.25) is 0 Å². The van der Waals surface area contributed by atoms with Gasteiger partial charge < -0.3 is 10.1 Å². The van der Waals surface area contributed by atoms with Crippen LogP contribution in [-0.4, -0.2) is 17.0 Å². The molecule has 0 fully saturated rings. The van der Waals surface area contributed by atoms with Gasteiger partial charge in [0.25, 0.3) is 5.91 Å². The summed E-state index contributed by atoms with van der Waals surface area (Å²) in [6.45, 7) is 2.16. The Bertz CT molecular complexity index is 788. The Morgan fingerprint density at radius 1 is 1.17 bits per heavy atom. The van der Waals surface area contributed by atoms with E-state index in [1.807, 2.05) is 60.0 Å². The van der Waals surface area contributed by atoms with Crippen molar-refractivity contribution in [2.45, 2.75) is 19.6 Å². The van der Waals surface area contributed by atoms with Crippen LogP contribution in [0.5, 0.6) is 5.75 Å². The van der Waals surface area contributed by atoms with E-state index >= 15 is 0 Å². The summed E-state index contributed by atoms with van der Waals surface area (Å²) in [6, 6.07) is 17.2. The predicted octanol–water partition coefficient (Wildman–Crippen LogP) is 3.89. The van der Waals surface area contributed by atoms with Gasteiger partial charge in [0.15, 0.2) is 6.10 Å². The van der Waals surface area contributed by atoms with Crippen molar-refractivity contribution in [1.82, 2.24) is 10.3 Å². The summed E-state index contributed by atoms with van der Waals surface area (Å²) in [4.78, 5) is 17.8. The maximum atomic E-state index is 12.3. The van der Waals surface area contributed by atoms with Gasteiger partial charge in [0.1, 0.15) is 5.75 Å². The first-order chi connectivity index (χ1) is 11.7. The van der Waals surface area contributed by atoms with Crippen molar-refractivity contribution in [2.75, 3.05) is 0 Å². The monoisotopic (exact) mass is 338 g/mol. The highest BCUT2D eigenvalue weighted by Gasteiger charge is 2.15. The number of nitrogens with one attached hydrogen (secondary N) is 1.